The van der Waals surface area contributed by atoms with E-state index in [9.17, 15) is 22.9 Å². The van der Waals surface area contributed by atoms with E-state index in [0.717, 1.165) is 83.5 Å². The van der Waals surface area contributed by atoms with Crippen molar-refractivity contribution in [1.82, 2.24) is 5.32 Å². The molecule has 0 aromatic heterocycles. The molecular weight excluding hydrogens is 619 g/mol. The first-order valence-electron chi connectivity index (χ1n) is 19.1. The third-order valence-electron chi connectivity index (χ3n) is 8.18. The van der Waals surface area contributed by atoms with E-state index in [-0.39, 0.29) is 12.3 Å². The van der Waals surface area contributed by atoms with Gasteiger partial charge >= 0.3 is 0 Å². The molecule has 1 amide bonds. The van der Waals surface area contributed by atoms with Crippen LogP contribution in [0.5, 0.6) is 0 Å². The van der Waals surface area contributed by atoms with Gasteiger partial charge in [-0.15, -0.1) is 0 Å². The summed E-state index contributed by atoms with van der Waals surface area (Å²) in [5, 5.41) is 13.3. The van der Waals surface area contributed by atoms with Gasteiger partial charge in [0.1, 0.15) is 0 Å². The van der Waals surface area contributed by atoms with Crippen LogP contribution in [0.3, 0.4) is 0 Å². The van der Waals surface area contributed by atoms with Crippen LogP contribution in [-0.4, -0.2) is 41.9 Å². The van der Waals surface area contributed by atoms with Gasteiger partial charge in [-0.2, -0.15) is 8.42 Å². The Kier molecular flexibility index (Phi) is 33.0. The Morgan fingerprint density at radius 3 is 1.48 bits per heavy atom. The van der Waals surface area contributed by atoms with E-state index in [1.165, 1.54) is 44.9 Å². The van der Waals surface area contributed by atoms with E-state index in [0.29, 0.717) is 12.8 Å². The molecule has 0 aliphatic rings. The fourth-order valence-electron chi connectivity index (χ4n) is 5.34. The molecule has 3 N–H and O–H groups in total. The lowest BCUT2D eigenvalue weighted by Crippen LogP contribution is -2.47. The Hall–Kier alpha value is -2.22. The zero-order valence-electron chi connectivity index (χ0n) is 30.6. The zero-order valence-corrected chi connectivity index (χ0v) is 31.4. The summed E-state index contributed by atoms with van der Waals surface area (Å²) < 4.78 is 32.4. The molecule has 0 aromatic carbocycles. The lowest BCUT2D eigenvalue weighted by molar-refractivity contribution is -0.122. The average Bonchev–Trinajstić information content (AvgIpc) is 3.05. The highest BCUT2D eigenvalue weighted by Crippen LogP contribution is 2.14. The first kappa shape index (κ1) is 45.8. The summed E-state index contributed by atoms with van der Waals surface area (Å²) in [4.78, 5) is 12.5. The number of allylic oxidation sites excluding steroid dienone is 12. The zero-order chi connectivity index (χ0) is 35.4. The Bertz CT molecular complexity index is 1030. The van der Waals surface area contributed by atoms with Gasteiger partial charge in [-0.05, 0) is 64.2 Å². The number of aliphatic hydroxyl groups is 1. The highest BCUT2D eigenvalue weighted by Gasteiger charge is 2.26. The van der Waals surface area contributed by atoms with Crippen molar-refractivity contribution in [2.45, 2.75) is 174 Å². The van der Waals surface area contributed by atoms with Gasteiger partial charge in [0.15, 0.2) is 0 Å². The van der Waals surface area contributed by atoms with Gasteiger partial charge in [0.25, 0.3) is 10.1 Å². The van der Waals surface area contributed by atoms with Gasteiger partial charge in [0.2, 0.25) is 5.91 Å². The quantitative estimate of drug-likeness (QED) is 0.0361. The molecule has 0 aliphatic heterocycles. The van der Waals surface area contributed by atoms with Gasteiger partial charge < -0.3 is 10.4 Å². The van der Waals surface area contributed by atoms with Crippen LogP contribution in [0.25, 0.3) is 0 Å². The molecule has 0 radical (unpaired) electrons. The molecule has 0 fully saturated rings. The smallest absolute Gasteiger partial charge is 0.266 e. The van der Waals surface area contributed by atoms with Crippen LogP contribution in [0.15, 0.2) is 72.9 Å². The van der Waals surface area contributed by atoms with Crippen molar-refractivity contribution in [3.63, 3.8) is 0 Å². The molecule has 2 atom stereocenters. The van der Waals surface area contributed by atoms with Gasteiger partial charge in [0.05, 0.1) is 17.9 Å². The second kappa shape index (κ2) is 34.6. The largest absolute Gasteiger partial charge is 0.391 e. The molecule has 6 nitrogen and oxygen atoms in total. The number of aliphatic hydroxyl groups excluding tert-OH is 1. The van der Waals surface area contributed by atoms with Crippen molar-refractivity contribution in [2.75, 3.05) is 5.75 Å². The Morgan fingerprint density at radius 1 is 0.583 bits per heavy atom. The van der Waals surface area contributed by atoms with Crippen LogP contribution in [0.1, 0.15) is 162 Å². The molecule has 0 bridgehead atoms. The summed E-state index contributed by atoms with van der Waals surface area (Å²) in [5.74, 6) is -0.938. The minimum atomic E-state index is -4.32. The van der Waals surface area contributed by atoms with Crippen molar-refractivity contribution >= 4 is 16.0 Å². The number of rotatable bonds is 33. The fraction of sp³-hybridized carbons (Fsp3) is 0.683. The van der Waals surface area contributed by atoms with Crippen molar-refractivity contribution in [2.24, 2.45) is 0 Å². The summed E-state index contributed by atoms with van der Waals surface area (Å²) in [6, 6.07) is -0.987. The van der Waals surface area contributed by atoms with E-state index in [4.69, 9.17) is 0 Å². The highest BCUT2D eigenvalue weighted by atomic mass is 32.2. The van der Waals surface area contributed by atoms with Gasteiger partial charge in [0, 0.05) is 6.42 Å². The van der Waals surface area contributed by atoms with E-state index >= 15 is 0 Å². The molecule has 2 unspecified atom stereocenters. The normalized spacial score (nSPS) is 14.2. The molecule has 0 saturated carbocycles. The monoisotopic (exact) mass is 690 g/mol. The SMILES string of the molecule is CC/C=C\C/C=C\C/C=C\C/C=C\C/C=C\C/C=C\CCCCCCC(=O)NC(CS(=O)(=O)O)C(O)CCCCCCCCCCCC. The molecule has 0 rings (SSSR count). The van der Waals surface area contributed by atoms with Crippen molar-refractivity contribution in [3.05, 3.63) is 72.9 Å². The number of unbranched alkanes of at least 4 members (excludes halogenated alkanes) is 13. The highest BCUT2D eigenvalue weighted by molar-refractivity contribution is 7.85. The molecule has 0 aromatic rings. The maximum atomic E-state index is 12.5. The number of amides is 1. The fourth-order valence-corrected chi connectivity index (χ4v) is 6.10. The van der Waals surface area contributed by atoms with Gasteiger partial charge in [-0.1, -0.05) is 164 Å². The molecular formula is C41H71NO5S. The molecule has 276 valence electrons. The van der Waals surface area contributed by atoms with Crippen LogP contribution < -0.4 is 5.32 Å². The number of hydrogen-bond donors (Lipinski definition) is 3. The van der Waals surface area contributed by atoms with Crippen LogP contribution in [0, 0.1) is 0 Å². The first-order chi connectivity index (χ1) is 23.3. The molecule has 0 spiro atoms. The number of nitrogens with one attached hydrogen (secondary N) is 1. The van der Waals surface area contributed by atoms with Crippen LogP contribution in [-0.2, 0) is 14.9 Å². The second-order valence-electron chi connectivity index (χ2n) is 12.8. The van der Waals surface area contributed by atoms with E-state index in [1.54, 1.807) is 0 Å². The summed E-state index contributed by atoms with van der Waals surface area (Å²) in [6.07, 6.45) is 48.5. The maximum absolute atomic E-state index is 12.5. The number of carbonyl (C=O) groups is 1. The number of hydrogen-bond acceptors (Lipinski definition) is 4. The summed E-state index contributed by atoms with van der Waals surface area (Å²) >= 11 is 0. The minimum Gasteiger partial charge on any atom is -0.391 e. The molecule has 48 heavy (non-hydrogen) atoms. The lowest BCUT2D eigenvalue weighted by Gasteiger charge is -2.23. The summed E-state index contributed by atoms with van der Waals surface area (Å²) in [6.45, 7) is 4.37. The lowest BCUT2D eigenvalue weighted by atomic mass is 10.0. The average molecular weight is 690 g/mol. The van der Waals surface area contributed by atoms with Crippen molar-refractivity contribution in [1.29, 1.82) is 0 Å². The molecule has 0 aliphatic carbocycles. The molecule has 0 heterocycles. The standard InChI is InChI=1S/C41H71NO5S/c1-3-5-7-9-11-13-15-16-17-18-19-20-21-22-23-24-25-26-27-29-31-33-35-37-41(44)42-39(38-48(45,46)47)40(43)36-34-32-30-28-14-12-10-8-6-4-2/h5,7,11,13,16-17,19-20,22-23,25-26,39-40,43H,3-4,6,8-10,12,14-15,18,21,24,27-38H2,1-2H3,(H,42,44)(H,45,46,47)/b7-5-,13-11-,17-16-,20-19-,23-22-,26-25-. The topological polar surface area (TPSA) is 104 Å². The first-order valence-corrected chi connectivity index (χ1v) is 20.7. The predicted molar refractivity (Wildman–Crippen MR) is 207 cm³/mol. The third-order valence-corrected chi connectivity index (χ3v) is 8.96. The van der Waals surface area contributed by atoms with E-state index < -0.39 is 28.0 Å². The van der Waals surface area contributed by atoms with Gasteiger partial charge in [-0.25, -0.2) is 0 Å². The minimum absolute atomic E-state index is 0.275. The summed E-state index contributed by atoms with van der Waals surface area (Å²) in [5.41, 5.74) is 0. The van der Waals surface area contributed by atoms with Gasteiger partial charge in [-0.3, -0.25) is 9.35 Å². The molecule has 0 saturated heterocycles. The predicted octanol–water partition coefficient (Wildman–Crippen LogP) is 11.1. The van der Waals surface area contributed by atoms with E-state index in [2.05, 4.69) is 92.1 Å². The Balaban J connectivity index is 3.97. The molecule has 7 heteroatoms. The maximum Gasteiger partial charge on any atom is 0.266 e. The number of carbonyl (C=O) groups excluding carboxylic acids is 1. The van der Waals surface area contributed by atoms with Crippen LogP contribution >= 0.6 is 0 Å². The second-order valence-corrected chi connectivity index (χ2v) is 14.3. The third kappa shape index (κ3) is 35.1. The Labute approximate surface area is 295 Å². The van der Waals surface area contributed by atoms with Crippen molar-refractivity contribution in [3.8, 4) is 0 Å². The van der Waals surface area contributed by atoms with Crippen LogP contribution in [0.4, 0.5) is 0 Å². The van der Waals surface area contributed by atoms with Crippen molar-refractivity contribution < 1.29 is 22.9 Å². The van der Waals surface area contributed by atoms with Crippen LogP contribution in [0.2, 0.25) is 0 Å². The van der Waals surface area contributed by atoms with E-state index in [1.807, 2.05) is 0 Å². The summed E-state index contributed by atoms with van der Waals surface area (Å²) in [7, 11) is -4.32. The Morgan fingerprint density at radius 2 is 1.00 bits per heavy atom.